The van der Waals surface area contributed by atoms with Crippen LogP contribution in [0.3, 0.4) is 0 Å². The highest BCUT2D eigenvalue weighted by Gasteiger charge is 2.35. The van der Waals surface area contributed by atoms with Crippen molar-refractivity contribution in [2.24, 2.45) is 5.92 Å². The monoisotopic (exact) mass is 158 g/mol. The van der Waals surface area contributed by atoms with Crippen molar-refractivity contribution >= 4 is 0 Å². The van der Waals surface area contributed by atoms with Gasteiger partial charge < -0.3 is 14.6 Å². The molecule has 2 fully saturated rings. The van der Waals surface area contributed by atoms with E-state index in [1.165, 1.54) is 0 Å². The highest BCUT2D eigenvalue weighted by molar-refractivity contribution is 4.83. The number of hydrogen-bond acceptors (Lipinski definition) is 3. The van der Waals surface area contributed by atoms with E-state index in [0.29, 0.717) is 25.4 Å². The van der Waals surface area contributed by atoms with Crippen LogP contribution in [-0.4, -0.2) is 30.7 Å². The number of ether oxygens (including phenoxy) is 2. The molecule has 1 aliphatic carbocycles. The van der Waals surface area contributed by atoms with Crippen molar-refractivity contribution in [2.45, 2.75) is 31.5 Å². The van der Waals surface area contributed by atoms with Crippen LogP contribution in [0.2, 0.25) is 0 Å². The molecular formula is C8H14O3. The van der Waals surface area contributed by atoms with Crippen molar-refractivity contribution in [3.63, 3.8) is 0 Å². The fourth-order valence-electron chi connectivity index (χ4n) is 1.93. The smallest absolute Gasteiger partial charge is 0.147 e. The van der Waals surface area contributed by atoms with Crippen molar-refractivity contribution in [3.8, 4) is 0 Å². The van der Waals surface area contributed by atoms with Gasteiger partial charge in [0, 0.05) is 6.61 Å². The van der Waals surface area contributed by atoms with E-state index in [9.17, 15) is 0 Å². The van der Waals surface area contributed by atoms with E-state index in [1.54, 1.807) is 0 Å². The number of rotatable bonds is 1. The first-order valence-electron chi connectivity index (χ1n) is 4.24. The summed E-state index contributed by atoms with van der Waals surface area (Å²) in [6.07, 6.45) is 3.69. The van der Waals surface area contributed by atoms with Gasteiger partial charge in [0.05, 0.1) is 12.2 Å². The molecule has 0 aromatic carbocycles. The van der Waals surface area contributed by atoms with Gasteiger partial charge in [-0.3, -0.25) is 0 Å². The van der Waals surface area contributed by atoms with Gasteiger partial charge in [0.2, 0.25) is 0 Å². The second-order valence-corrected chi connectivity index (χ2v) is 3.39. The van der Waals surface area contributed by atoms with E-state index < -0.39 is 0 Å². The Labute approximate surface area is 66.3 Å². The van der Waals surface area contributed by atoms with Crippen LogP contribution in [-0.2, 0) is 9.47 Å². The van der Waals surface area contributed by atoms with Crippen LogP contribution >= 0.6 is 0 Å². The SMILES string of the molecule is OCC1CC[C@H]2OCO[C@H]2C1. The second-order valence-electron chi connectivity index (χ2n) is 3.39. The molecule has 11 heavy (non-hydrogen) atoms. The normalized spacial score (nSPS) is 43.9. The van der Waals surface area contributed by atoms with E-state index in [0.717, 1.165) is 19.3 Å². The molecule has 0 radical (unpaired) electrons. The first-order valence-corrected chi connectivity index (χ1v) is 4.24. The van der Waals surface area contributed by atoms with E-state index in [1.807, 2.05) is 0 Å². The third kappa shape index (κ3) is 1.41. The van der Waals surface area contributed by atoms with Crippen molar-refractivity contribution in [3.05, 3.63) is 0 Å². The van der Waals surface area contributed by atoms with Gasteiger partial charge in [0.15, 0.2) is 0 Å². The van der Waals surface area contributed by atoms with Crippen molar-refractivity contribution in [2.75, 3.05) is 13.4 Å². The minimum Gasteiger partial charge on any atom is -0.396 e. The van der Waals surface area contributed by atoms with Gasteiger partial charge in [-0.05, 0) is 25.2 Å². The summed E-state index contributed by atoms with van der Waals surface area (Å²) in [7, 11) is 0. The molecular weight excluding hydrogens is 144 g/mol. The van der Waals surface area contributed by atoms with E-state index in [2.05, 4.69) is 0 Å². The summed E-state index contributed by atoms with van der Waals surface area (Å²) in [5.74, 6) is 0.443. The van der Waals surface area contributed by atoms with Gasteiger partial charge in [0.25, 0.3) is 0 Å². The molecule has 0 amide bonds. The topological polar surface area (TPSA) is 38.7 Å². The molecule has 1 heterocycles. The van der Waals surface area contributed by atoms with Crippen molar-refractivity contribution in [1.29, 1.82) is 0 Å². The summed E-state index contributed by atoms with van der Waals surface area (Å²) in [6, 6.07) is 0. The number of fused-ring (bicyclic) bond motifs is 1. The Morgan fingerprint density at radius 3 is 2.82 bits per heavy atom. The van der Waals surface area contributed by atoms with Crippen LogP contribution in [0.4, 0.5) is 0 Å². The first kappa shape index (κ1) is 7.53. The Balaban J connectivity index is 1.91. The van der Waals surface area contributed by atoms with Crippen LogP contribution in [0.1, 0.15) is 19.3 Å². The average molecular weight is 158 g/mol. The lowest BCUT2D eigenvalue weighted by Gasteiger charge is -2.27. The molecule has 3 atom stereocenters. The van der Waals surface area contributed by atoms with Gasteiger partial charge in [0.1, 0.15) is 6.79 Å². The first-order chi connectivity index (χ1) is 5.40. The molecule has 1 saturated carbocycles. The van der Waals surface area contributed by atoms with E-state index >= 15 is 0 Å². The number of hydrogen-bond donors (Lipinski definition) is 1. The summed E-state index contributed by atoms with van der Waals surface area (Å²) in [5, 5.41) is 8.91. The third-order valence-corrected chi connectivity index (χ3v) is 2.66. The third-order valence-electron chi connectivity index (χ3n) is 2.66. The maximum absolute atomic E-state index is 8.91. The van der Waals surface area contributed by atoms with Crippen LogP contribution in [0.25, 0.3) is 0 Å². The van der Waals surface area contributed by atoms with Gasteiger partial charge in [-0.15, -0.1) is 0 Å². The molecule has 2 aliphatic rings. The Hall–Kier alpha value is -0.120. The molecule has 3 nitrogen and oxygen atoms in total. The van der Waals surface area contributed by atoms with Gasteiger partial charge >= 0.3 is 0 Å². The highest BCUT2D eigenvalue weighted by atomic mass is 16.7. The lowest BCUT2D eigenvalue weighted by atomic mass is 9.86. The molecule has 0 aromatic heterocycles. The summed E-state index contributed by atoms with van der Waals surface area (Å²) in [6.45, 7) is 0.750. The van der Waals surface area contributed by atoms with Gasteiger partial charge in [-0.2, -0.15) is 0 Å². The zero-order valence-corrected chi connectivity index (χ0v) is 6.53. The molecule has 0 bridgehead atoms. The molecule has 1 saturated heterocycles. The summed E-state index contributed by atoms with van der Waals surface area (Å²) < 4.78 is 10.7. The molecule has 0 aromatic rings. The minimum absolute atomic E-state index is 0.265. The van der Waals surface area contributed by atoms with Crippen LogP contribution in [0, 0.1) is 5.92 Å². The molecule has 1 N–H and O–H groups in total. The zero-order valence-electron chi connectivity index (χ0n) is 6.53. The fourth-order valence-corrected chi connectivity index (χ4v) is 1.93. The highest BCUT2D eigenvalue weighted by Crippen LogP contribution is 2.31. The molecule has 3 heteroatoms. The summed E-state index contributed by atoms with van der Waals surface area (Å²) in [5.41, 5.74) is 0. The molecule has 1 unspecified atom stereocenters. The Morgan fingerprint density at radius 1 is 1.18 bits per heavy atom. The van der Waals surface area contributed by atoms with E-state index in [4.69, 9.17) is 14.6 Å². The lowest BCUT2D eigenvalue weighted by Crippen LogP contribution is -2.32. The largest absolute Gasteiger partial charge is 0.396 e. The maximum Gasteiger partial charge on any atom is 0.147 e. The van der Waals surface area contributed by atoms with Crippen LogP contribution < -0.4 is 0 Å². The lowest BCUT2D eigenvalue weighted by molar-refractivity contribution is 0.0373. The van der Waals surface area contributed by atoms with Crippen LogP contribution in [0.15, 0.2) is 0 Å². The fraction of sp³-hybridized carbons (Fsp3) is 1.00. The quantitative estimate of drug-likeness (QED) is 0.604. The molecule has 1 aliphatic heterocycles. The number of aliphatic hydroxyl groups excluding tert-OH is 1. The van der Waals surface area contributed by atoms with Gasteiger partial charge in [-0.1, -0.05) is 0 Å². The standard InChI is InChI=1S/C8H14O3/c9-4-6-1-2-7-8(3-6)11-5-10-7/h6-9H,1-5H2/t6?,7-,8+/m1/s1. The zero-order chi connectivity index (χ0) is 7.68. The summed E-state index contributed by atoms with van der Waals surface area (Å²) in [4.78, 5) is 0. The second kappa shape index (κ2) is 3.09. The Morgan fingerprint density at radius 2 is 2.00 bits per heavy atom. The predicted octanol–water partition coefficient (Wildman–Crippen LogP) is 0.520. The maximum atomic E-state index is 8.91. The van der Waals surface area contributed by atoms with Crippen molar-refractivity contribution < 1.29 is 14.6 Å². The Bertz CT molecular complexity index is 137. The number of aliphatic hydroxyl groups is 1. The molecule has 0 spiro atoms. The molecule has 64 valence electrons. The molecule has 2 rings (SSSR count). The summed E-state index contributed by atoms with van der Waals surface area (Å²) >= 11 is 0. The average Bonchev–Trinajstić information content (AvgIpc) is 2.50. The van der Waals surface area contributed by atoms with Gasteiger partial charge in [-0.25, -0.2) is 0 Å². The predicted molar refractivity (Wildman–Crippen MR) is 39.0 cm³/mol. The minimum atomic E-state index is 0.265. The van der Waals surface area contributed by atoms with Crippen LogP contribution in [0.5, 0.6) is 0 Å². The van der Waals surface area contributed by atoms with Crippen molar-refractivity contribution in [1.82, 2.24) is 0 Å². The Kier molecular flexibility index (Phi) is 2.11. The van der Waals surface area contributed by atoms with E-state index in [-0.39, 0.29) is 6.10 Å².